The number of benzene rings is 2. The number of nitrogens with zero attached hydrogens (tertiary/aromatic N) is 2. The molecule has 0 bridgehead atoms. The first kappa shape index (κ1) is 17.2. The van der Waals surface area contributed by atoms with E-state index in [1.54, 1.807) is 28.8 Å². The van der Waals surface area contributed by atoms with Gasteiger partial charge in [0.25, 0.3) is 5.91 Å². The molecule has 1 fully saturated rings. The van der Waals surface area contributed by atoms with Crippen molar-refractivity contribution in [3.05, 3.63) is 53.5 Å². The molecule has 1 aliphatic heterocycles. The number of carbonyl (C=O) groups is 1. The Morgan fingerprint density at radius 1 is 1.36 bits per heavy atom. The van der Waals surface area contributed by atoms with Gasteiger partial charge in [-0.25, -0.2) is 9.37 Å². The smallest absolute Gasteiger partial charge is 0.252 e. The maximum absolute atomic E-state index is 14.8. The first-order valence-corrected chi connectivity index (χ1v) is 9.80. The number of carbonyl (C=O) groups excluding carboxylic acids is 1. The highest BCUT2D eigenvalue weighted by atomic mass is 32.1. The quantitative estimate of drug-likeness (QED) is 0.493. The number of hydrogen-bond acceptors (Lipinski definition) is 5. The molecular weight excluding hydrogens is 379 g/mol. The van der Waals surface area contributed by atoms with Gasteiger partial charge in [0.2, 0.25) is 0 Å². The SMILES string of the molecule is NC(=O)c1cc2sc3nc(-c4ccc(C5CCCN5)cc4F)cn3c2cc1O. The molecule has 2 aromatic heterocycles. The molecule has 0 aliphatic carbocycles. The summed E-state index contributed by atoms with van der Waals surface area (Å²) in [6.45, 7) is 0.961. The summed E-state index contributed by atoms with van der Waals surface area (Å²) in [5.41, 5.74) is 7.95. The molecule has 1 amide bonds. The van der Waals surface area contributed by atoms with Crippen molar-refractivity contribution in [2.45, 2.75) is 18.9 Å². The second kappa shape index (κ2) is 6.29. The Morgan fingerprint density at radius 3 is 2.93 bits per heavy atom. The largest absolute Gasteiger partial charge is 0.507 e. The van der Waals surface area contributed by atoms with Crippen LogP contribution in [0.15, 0.2) is 36.5 Å². The van der Waals surface area contributed by atoms with Crippen LogP contribution in [0.3, 0.4) is 0 Å². The zero-order valence-electron chi connectivity index (χ0n) is 14.8. The van der Waals surface area contributed by atoms with E-state index in [1.807, 2.05) is 6.07 Å². The third-order valence-corrected chi connectivity index (χ3v) is 6.23. The molecule has 1 unspecified atom stereocenters. The number of phenols is 1. The Morgan fingerprint density at radius 2 is 2.21 bits per heavy atom. The number of halogens is 1. The summed E-state index contributed by atoms with van der Waals surface area (Å²) in [6, 6.07) is 8.53. The summed E-state index contributed by atoms with van der Waals surface area (Å²) in [4.78, 5) is 16.6. The van der Waals surface area contributed by atoms with Gasteiger partial charge >= 0.3 is 0 Å². The van der Waals surface area contributed by atoms with E-state index in [1.165, 1.54) is 17.4 Å². The van der Waals surface area contributed by atoms with Gasteiger partial charge in [-0.15, -0.1) is 0 Å². The first-order chi connectivity index (χ1) is 13.5. The minimum Gasteiger partial charge on any atom is -0.507 e. The standard InChI is InChI=1S/C20H17FN4O2S/c21-13-6-10(14-2-1-5-23-14)3-4-11(13)15-9-25-16-8-17(26)12(19(22)27)7-18(16)28-20(25)24-15/h3-4,6-9,14,23,26H,1-2,5H2,(H2,22,27). The second-order valence-electron chi connectivity index (χ2n) is 6.97. The Hall–Kier alpha value is -2.97. The van der Waals surface area contributed by atoms with Crippen molar-refractivity contribution in [1.82, 2.24) is 14.7 Å². The summed E-state index contributed by atoms with van der Waals surface area (Å²) in [5, 5.41) is 13.4. The highest BCUT2D eigenvalue weighted by Crippen LogP contribution is 2.34. The summed E-state index contributed by atoms with van der Waals surface area (Å²) in [6.07, 6.45) is 3.86. The van der Waals surface area contributed by atoms with Crippen LogP contribution in [0.5, 0.6) is 5.75 Å². The lowest BCUT2D eigenvalue weighted by Gasteiger charge is -2.11. The molecule has 142 valence electrons. The molecule has 5 rings (SSSR count). The van der Waals surface area contributed by atoms with E-state index in [2.05, 4.69) is 10.3 Å². The number of hydrogen-bond donors (Lipinski definition) is 3. The van der Waals surface area contributed by atoms with Crippen LogP contribution in [0.1, 0.15) is 34.8 Å². The van der Waals surface area contributed by atoms with Crippen LogP contribution in [0.25, 0.3) is 26.4 Å². The maximum atomic E-state index is 14.8. The second-order valence-corrected chi connectivity index (χ2v) is 7.98. The van der Waals surface area contributed by atoms with Crippen molar-refractivity contribution in [3.63, 3.8) is 0 Å². The molecule has 1 atom stereocenters. The molecule has 0 radical (unpaired) electrons. The average Bonchev–Trinajstić information content (AvgIpc) is 3.37. The van der Waals surface area contributed by atoms with Crippen LogP contribution in [-0.4, -0.2) is 26.9 Å². The van der Waals surface area contributed by atoms with Crippen LogP contribution in [0.2, 0.25) is 0 Å². The molecule has 1 aliphatic rings. The van der Waals surface area contributed by atoms with Gasteiger partial charge in [0.15, 0.2) is 4.96 Å². The molecule has 1 saturated heterocycles. The third-order valence-electron chi connectivity index (χ3n) is 5.21. The molecule has 0 saturated carbocycles. The number of primary amides is 1. The van der Waals surface area contributed by atoms with Gasteiger partial charge in [-0.2, -0.15) is 0 Å². The minimum absolute atomic E-state index is 0.0689. The van der Waals surface area contributed by atoms with Gasteiger partial charge in [0.1, 0.15) is 11.6 Å². The van der Waals surface area contributed by atoms with Crippen molar-refractivity contribution in [2.24, 2.45) is 5.73 Å². The number of nitrogens with two attached hydrogens (primary N) is 1. The zero-order chi connectivity index (χ0) is 19.4. The lowest BCUT2D eigenvalue weighted by molar-refractivity contribution is 0.0998. The van der Waals surface area contributed by atoms with Crippen LogP contribution in [0, 0.1) is 5.82 Å². The highest BCUT2D eigenvalue weighted by Gasteiger charge is 2.20. The fourth-order valence-corrected chi connectivity index (χ4v) is 4.81. The molecule has 3 heterocycles. The number of amides is 1. The van der Waals surface area contributed by atoms with Crippen LogP contribution in [0.4, 0.5) is 4.39 Å². The average molecular weight is 396 g/mol. The third kappa shape index (κ3) is 2.64. The Labute approximate surface area is 163 Å². The molecule has 28 heavy (non-hydrogen) atoms. The number of fused-ring (bicyclic) bond motifs is 3. The maximum Gasteiger partial charge on any atom is 0.252 e. The summed E-state index contributed by atoms with van der Waals surface area (Å²) in [5.74, 6) is -1.18. The van der Waals surface area contributed by atoms with Gasteiger partial charge in [-0.05, 0) is 43.1 Å². The molecule has 0 spiro atoms. The fraction of sp³-hybridized carbons (Fsp3) is 0.200. The Bertz CT molecular complexity index is 1240. The van der Waals surface area contributed by atoms with Crippen LogP contribution < -0.4 is 11.1 Å². The van der Waals surface area contributed by atoms with E-state index >= 15 is 0 Å². The van der Waals surface area contributed by atoms with Crippen molar-refractivity contribution in [2.75, 3.05) is 6.54 Å². The summed E-state index contributed by atoms with van der Waals surface area (Å²) in [7, 11) is 0. The molecule has 8 heteroatoms. The number of rotatable bonds is 3. The molecule has 4 aromatic rings. The van der Waals surface area contributed by atoms with Gasteiger partial charge in [0.05, 0.1) is 21.5 Å². The topological polar surface area (TPSA) is 92.7 Å². The van der Waals surface area contributed by atoms with E-state index in [0.717, 1.165) is 29.6 Å². The van der Waals surface area contributed by atoms with Crippen LogP contribution in [-0.2, 0) is 0 Å². The van der Waals surface area contributed by atoms with Crippen LogP contribution >= 0.6 is 11.3 Å². The van der Waals surface area contributed by atoms with Gasteiger partial charge in [0, 0.05) is 23.9 Å². The van der Waals surface area contributed by atoms with E-state index in [4.69, 9.17) is 5.73 Å². The lowest BCUT2D eigenvalue weighted by atomic mass is 10.0. The minimum atomic E-state index is -0.690. The van der Waals surface area contributed by atoms with Gasteiger partial charge in [-0.3, -0.25) is 9.20 Å². The number of aromatic hydroxyl groups is 1. The van der Waals surface area contributed by atoms with Gasteiger partial charge in [-0.1, -0.05) is 17.4 Å². The lowest BCUT2D eigenvalue weighted by Crippen LogP contribution is -2.12. The highest BCUT2D eigenvalue weighted by molar-refractivity contribution is 7.23. The van der Waals surface area contributed by atoms with E-state index in [0.29, 0.717) is 21.7 Å². The Balaban J connectivity index is 1.58. The predicted molar refractivity (Wildman–Crippen MR) is 106 cm³/mol. The fourth-order valence-electron chi connectivity index (χ4n) is 3.79. The normalized spacial score (nSPS) is 17.0. The number of thiazole rings is 1. The van der Waals surface area contributed by atoms with E-state index in [-0.39, 0.29) is 23.2 Å². The van der Waals surface area contributed by atoms with Gasteiger partial charge < -0.3 is 16.2 Å². The molecule has 2 aromatic carbocycles. The monoisotopic (exact) mass is 396 g/mol. The zero-order valence-corrected chi connectivity index (χ0v) is 15.6. The van der Waals surface area contributed by atoms with Crippen molar-refractivity contribution >= 4 is 32.4 Å². The number of imidazole rings is 1. The van der Waals surface area contributed by atoms with Crippen molar-refractivity contribution in [3.8, 4) is 17.0 Å². The predicted octanol–water partition coefficient (Wildman–Crippen LogP) is 3.58. The van der Waals surface area contributed by atoms with E-state index < -0.39 is 5.91 Å². The summed E-state index contributed by atoms with van der Waals surface area (Å²) >= 11 is 1.35. The molecule has 6 nitrogen and oxygen atoms in total. The summed E-state index contributed by atoms with van der Waals surface area (Å²) < 4.78 is 17.3. The van der Waals surface area contributed by atoms with Crippen molar-refractivity contribution < 1.29 is 14.3 Å². The number of nitrogens with one attached hydrogen (secondary N) is 1. The Kier molecular flexibility index (Phi) is 3.85. The first-order valence-electron chi connectivity index (χ1n) is 8.99. The van der Waals surface area contributed by atoms with Crippen molar-refractivity contribution in [1.29, 1.82) is 0 Å². The number of aromatic nitrogens is 2. The molecular formula is C20H17FN4O2S. The molecule has 4 N–H and O–H groups in total. The van der Waals surface area contributed by atoms with E-state index in [9.17, 15) is 14.3 Å².